The van der Waals surface area contributed by atoms with Gasteiger partial charge in [0.05, 0.1) is 11.0 Å². The molecule has 0 bridgehead atoms. The summed E-state index contributed by atoms with van der Waals surface area (Å²) in [6, 6.07) is 53.2. The average Bonchev–Trinajstić information content (AvgIpc) is 3.83. The number of aromatic nitrogens is 1. The number of furan rings is 1. The van der Waals surface area contributed by atoms with Crippen molar-refractivity contribution in [3.8, 4) is 44.5 Å². The number of para-hydroxylation sites is 1. The molecular weight excluding hydrogens is 655 g/mol. The highest BCUT2D eigenvalue weighted by molar-refractivity contribution is 6.13. The second kappa shape index (κ2) is 12.2. The quantitative estimate of drug-likeness (QED) is 0.159. The van der Waals surface area contributed by atoms with Crippen LogP contribution in [0.25, 0.3) is 93.9 Å². The Morgan fingerprint density at radius 3 is 2.02 bits per heavy atom. The smallest absolute Gasteiger partial charge is 0.143 e. The van der Waals surface area contributed by atoms with Gasteiger partial charge in [0.1, 0.15) is 11.2 Å². The molecule has 9 aromatic rings. The summed E-state index contributed by atoms with van der Waals surface area (Å²) in [5.41, 5.74) is 17.6. The number of rotatable bonds is 6. The van der Waals surface area contributed by atoms with Gasteiger partial charge in [-0.2, -0.15) is 0 Å². The molecule has 2 aromatic heterocycles. The van der Waals surface area contributed by atoms with Crippen molar-refractivity contribution in [3.63, 3.8) is 0 Å². The SMILES string of the molecule is C=C/C=C\C(=C/C)n1c2ccc(-c3ccc(-c4ccccc4)cc3)cc2c2ccc(-c3ccc4c(c3)C(C)(C)c3ccc5c(oc6ccccc65)c3-4)cc21. The molecule has 1 aliphatic carbocycles. The molecule has 258 valence electrons. The molecule has 2 nitrogen and oxygen atoms in total. The Hall–Kier alpha value is -6.64. The Labute approximate surface area is 315 Å². The number of hydrogen-bond acceptors (Lipinski definition) is 1. The Morgan fingerprint density at radius 2 is 1.22 bits per heavy atom. The van der Waals surface area contributed by atoms with Crippen molar-refractivity contribution in [1.82, 2.24) is 4.57 Å². The maximum Gasteiger partial charge on any atom is 0.143 e. The summed E-state index contributed by atoms with van der Waals surface area (Å²) in [7, 11) is 0. The Kier molecular flexibility index (Phi) is 7.25. The zero-order chi connectivity index (χ0) is 36.6. The second-order valence-corrected chi connectivity index (χ2v) is 14.9. The van der Waals surface area contributed by atoms with Gasteiger partial charge in [-0.25, -0.2) is 0 Å². The minimum Gasteiger partial charge on any atom is -0.455 e. The molecule has 0 aliphatic heterocycles. The molecule has 0 unspecified atom stereocenters. The van der Waals surface area contributed by atoms with Gasteiger partial charge >= 0.3 is 0 Å². The molecule has 7 aromatic carbocycles. The van der Waals surface area contributed by atoms with E-state index in [0.29, 0.717) is 0 Å². The molecule has 0 fully saturated rings. The van der Waals surface area contributed by atoms with Gasteiger partial charge in [-0.3, -0.25) is 0 Å². The number of allylic oxidation sites excluding steroid dienone is 5. The Bertz CT molecular complexity index is 3020. The van der Waals surface area contributed by atoms with E-state index in [1.54, 1.807) is 0 Å². The lowest BCUT2D eigenvalue weighted by Crippen LogP contribution is -2.14. The molecule has 2 heterocycles. The van der Waals surface area contributed by atoms with Gasteiger partial charge < -0.3 is 8.98 Å². The largest absolute Gasteiger partial charge is 0.455 e. The molecular formula is C52H39NO. The highest BCUT2D eigenvalue weighted by Gasteiger charge is 2.38. The van der Waals surface area contributed by atoms with Crippen molar-refractivity contribution >= 4 is 49.4 Å². The molecule has 0 spiro atoms. The first-order valence-electron chi connectivity index (χ1n) is 18.7. The van der Waals surface area contributed by atoms with Crippen molar-refractivity contribution in [2.75, 3.05) is 0 Å². The van der Waals surface area contributed by atoms with Crippen molar-refractivity contribution in [1.29, 1.82) is 0 Å². The van der Waals surface area contributed by atoms with Gasteiger partial charge in [-0.15, -0.1) is 0 Å². The fourth-order valence-electron chi connectivity index (χ4n) is 8.79. The molecule has 0 radical (unpaired) electrons. The van der Waals surface area contributed by atoms with E-state index in [-0.39, 0.29) is 5.41 Å². The third-order valence-electron chi connectivity index (χ3n) is 11.6. The minimum atomic E-state index is -0.170. The van der Waals surface area contributed by atoms with Gasteiger partial charge in [0.15, 0.2) is 0 Å². The monoisotopic (exact) mass is 693 g/mol. The second-order valence-electron chi connectivity index (χ2n) is 14.9. The van der Waals surface area contributed by atoms with E-state index in [1.165, 1.54) is 88.2 Å². The third kappa shape index (κ3) is 4.80. The van der Waals surface area contributed by atoms with E-state index in [9.17, 15) is 0 Å². The van der Waals surface area contributed by atoms with Gasteiger partial charge in [0.25, 0.3) is 0 Å². The molecule has 0 amide bonds. The highest BCUT2D eigenvalue weighted by atomic mass is 16.3. The molecule has 2 heteroatoms. The van der Waals surface area contributed by atoms with Crippen molar-refractivity contribution in [2.45, 2.75) is 26.2 Å². The first-order valence-corrected chi connectivity index (χ1v) is 18.7. The number of benzene rings is 7. The number of fused-ring (bicyclic) bond motifs is 10. The summed E-state index contributed by atoms with van der Waals surface area (Å²) in [5.74, 6) is 0. The fourth-order valence-corrected chi connectivity index (χ4v) is 8.79. The summed E-state index contributed by atoms with van der Waals surface area (Å²) >= 11 is 0. The summed E-state index contributed by atoms with van der Waals surface area (Å²) in [5, 5.41) is 4.79. The topological polar surface area (TPSA) is 18.1 Å². The minimum absolute atomic E-state index is 0.170. The molecule has 0 saturated carbocycles. The zero-order valence-electron chi connectivity index (χ0n) is 30.7. The molecule has 0 saturated heterocycles. The summed E-state index contributed by atoms with van der Waals surface area (Å²) in [6.07, 6.45) is 8.17. The van der Waals surface area contributed by atoms with Crippen LogP contribution in [-0.4, -0.2) is 4.57 Å². The van der Waals surface area contributed by atoms with E-state index in [0.717, 1.165) is 16.9 Å². The number of hydrogen-bond donors (Lipinski definition) is 0. The molecule has 10 rings (SSSR count). The van der Waals surface area contributed by atoms with Crippen LogP contribution >= 0.6 is 0 Å². The van der Waals surface area contributed by atoms with Crippen LogP contribution in [0.15, 0.2) is 181 Å². The van der Waals surface area contributed by atoms with Crippen molar-refractivity contribution < 1.29 is 4.42 Å². The van der Waals surface area contributed by atoms with Crippen LogP contribution in [-0.2, 0) is 5.41 Å². The normalized spacial score (nSPS) is 13.7. The Balaban J connectivity index is 1.11. The lowest BCUT2D eigenvalue weighted by atomic mass is 9.81. The maximum atomic E-state index is 6.55. The Morgan fingerprint density at radius 1 is 0.574 bits per heavy atom. The zero-order valence-corrected chi connectivity index (χ0v) is 30.7. The van der Waals surface area contributed by atoms with Crippen LogP contribution in [0.4, 0.5) is 0 Å². The number of nitrogens with zero attached hydrogens (tertiary/aromatic N) is 1. The molecule has 0 atom stereocenters. The first kappa shape index (κ1) is 32.0. The van der Waals surface area contributed by atoms with Gasteiger partial charge in [-0.05, 0) is 93.4 Å². The van der Waals surface area contributed by atoms with E-state index < -0.39 is 0 Å². The van der Waals surface area contributed by atoms with Crippen molar-refractivity contribution in [2.24, 2.45) is 0 Å². The van der Waals surface area contributed by atoms with E-state index >= 15 is 0 Å². The first-order chi connectivity index (χ1) is 26.4. The maximum absolute atomic E-state index is 6.55. The fraction of sp³-hybridized carbons (Fsp3) is 0.0769. The summed E-state index contributed by atoms with van der Waals surface area (Å²) < 4.78 is 8.94. The van der Waals surface area contributed by atoms with Gasteiger partial charge in [-0.1, -0.05) is 154 Å². The third-order valence-corrected chi connectivity index (χ3v) is 11.6. The predicted octanol–water partition coefficient (Wildman–Crippen LogP) is 14.6. The summed E-state index contributed by atoms with van der Waals surface area (Å²) in [6.45, 7) is 10.7. The summed E-state index contributed by atoms with van der Waals surface area (Å²) in [4.78, 5) is 0. The molecule has 1 aliphatic rings. The van der Waals surface area contributed by atoms with Crippen LogP contribution in [0.2, 0.25) is 0 Å². The van der Waals surface area contributed by atoms with Crippen LogP contribution in [0.5, 0.6) is 0 Å². The molecule has 0 N–H and O–H groups in total. The lowest BCUT2D eigenvalue weighted by molar-refractivity contribution is 0.653. The van der Waals surface area contributed by atoms with E-state index in [4.69, 9.17) is 4.42 Å². The van der Waals surface area contributed by atoms with Crippen molar-refractivity contribution in [3.05, 3.63) is 188 Å². The average molecular weight is 694 g/mol. The van der Waals surface area contributed by atoms with Crippen LogP contribution in [0.1, 0.15) is 31.9 Å². The van der Waals surface area contributed by atoms with Gasteiger partial charge in [0, 0.05) is 38.2 Å². The van der Waals surface area contributed by atoms with Gasteiger partial charge in [0.2, 0.25) is 0 Å². The van der Waals surface area contributed by atoms with E-state index in [1.807, 2.05) is 18.2 Å². The predicted molar refractivity (Wildman–Crippen MR) is 230 cm³/mol. The highest BCUT2D eigenvalue weighted by Crippen LogP contribution is 2.53. The standard InChI is InChI=1S/C52H39NO/c1-5-7-15-39(6-2)53-47-29-24-36(35-20-18-34(19-21-35)33-13-9-8-10-14-33)30-44(47)40-25-22-38(32-48(40)53)37-23-26-43-46(31-37)52(3,4)45-28-27-42-41-16-11-12-17-49(41)54-51(42)50(43)45/h5-32H,1H2,2-4H3/b15-7-,39-6+. The van der Waals surface area contributed by atoms with Crippen LogP contribution < -0.4 is 0 Å². The lowest BCUT2D eigenvalue weighted by Gasteiger charge is -2.22. The van der Waals surface area contributed by atoms with Crippen LogP contribution in [0, 0.1) is 0 Å². The van der Waals surface area contributed by atoms with E-state index in [2.05, 4.69) is 184 Å². The molecule has 54 heavy (non-hydrogen) atoms. The van der Waals surface area contributed by atoms with Crippen LogP contribution in [0.3, 0.4) is 0 Å².